The Hall–Kier alpha value is -4.34. The summed E-state index contributed by atoms with van der Waals surface area (Å²) in [4.78, 5) is 21.1. The fourth-order valence-electron chi connectivity index (χ4n) is 3.63. The minimum Gasteiger partial charge on any atom is -0.271 e. The lowest BCUT2D eigenvalue weighted by Gasteiger charge is -2.17. The number of hydrogen-bond acceptors (Lipinski definition) is 4. The number of hydrogen-bond donors (Lipinski definition) is 0. The van der Waals surface area contributed by atoms with Crippen molar-refractivity contribution < 1.29 is 4.79 Å². The van der Waals surface area contributed by atoms with Gasteiger partial charge in [0.15, 0.2) is 5.84 Å². The molecule has 0 fully saturated rings. The zero-order chi connectivity index (χ0) is 22.8. The van der Waals surface area contributed by atoms with Gasteiger partial charge in [-0.2, -0.15) is 15.4 Å². The Morgan fingerprint density at radius 3 is 2.61 bits per heavy atom. The molecule has 1 atom stereocenters. The number of para-hydroxylation sites is 1. The lowest BCUT2D eigenvalue weighted by atomic mass is 9.96. The minimum atomic E-state index is -0.496. The van der Waals surface area contributed by atoms with Crippen molar-refractivity contribution in [2.24, 2.45) is 15.9 Å². The fourth-order valence-corrected chi connectivity index (χ4v) is 3.76. The number of halogens is 1. The molecule has 2 heterocycles. The van der Waals surface area contributed by atoms with Crippen molar-refractivity contribution in [3.05, 3.63) is 101 Å². The number of rotatable bonds is 4. The van der Waals surface area contributed by atoms with Gasteiger partial charge in [0, 0.05) is 22.3 Å². The van der Waals surface area contributed by atoms with E-state index < -0.39 is 5.92 Å². The predicted molar refractivity (Wildman–Crippen MR) is 129 cm³/mol. The van der Waals surface area contributed by atoms with E-state index in [1.807, 2.05) is 54.7 Å². The largest absolute Gasteiger partial charge is 0.271 e. The highest BCUT2D eigenvalue weighted by Gasteiger charge is 2.27. The lowest BCUT2D eigenvalue weighted by molar-refractivity contribution is -0.118. The number of amidine groups is 1. The number of allylic oxidation sites excluding steroid dienone is 3. The third-order valence-corrected chi connectivity index (χ3v) is 5.51. The molecule has 1 aliphatic carbocycles. The van der Waals surface area contributed by atoms with E-state index in [4.69, 9.17) is 16.7 Å². The lowest BCUT2D eigenvalue weighted by Crippen LogP contribution is -2.27. The molecule has 0 N–H and O–H groups in total. The third kappa shape index (κ3) is 4.10. The van der Waals surface area contributed by atoms with Gasteiger partial charge in [-0.15, -0.1) is 0 Å². The van der Waals surface area contributed by atoms with Gasteiger partial charge in [0.2, 0.25) is 0 Å². The summed E-state index contributed by atoms with van der Waals surface area (Å²) < 4.78 is 1.75. The first-order chi connectivity index (χ1) is 16.1. The molecule has 1 amide bonds. The third-order valence-electron chi connectivity index (χ3n) is 5.26. The van der Waals surface area contributed by atoms with Gasteiger partial charge >= 0.3 is 0 Å². The van der Waals surface area contributed by atoms with Crippen molar-refractivity contribution >= 4 is 35.1 Å². The number of fused-ring (bicyclic) bond motifs is 1. The number of carbonyl (C=O) groups is 1. The second kappa shape index (κ2) is 8.65. The summed E-state index contributed by atoms with van der Waals surface area (Å²) >= 11 is 6.06. The summed E-state index contributed by atoms with van der Waals surface area (Å²) in [6.07, 6.45) is 10.6. The van der Waals surface area contributed by atoms with Crippen LogP contribution in [0.1, 0.15) is 5.56 Å². The van der Waals surface area contributed by atoms with Crippen LogP contribution in [0, 0.1) is 17.2 Å². The summed E-state index contributed by atoms with van der Waals surface area (Å²) in [5.41, 5.74) is 3.82. The van der Waals surface area contributed by atoms with Crippen molar-refractivity contribution in [2.75, 3.05) is 0 Å². The van der Waals surface area contributed by atoms with Gasteiger partial charge in [-0.25, -0.2) is 9.67 Å². The monoisotopic (exact) mass is 449 g/mol. The maximum absolute atomic E-state index is 12.5. The van der Waals surface area contributed by atoms with Crippen LogP contribution in [0.3, 0.4) is 0 Å². The molecule has 158 valence electrons. The molecule has 0 saturated carbocycles. The molecule has 0 saturated heterocycles. The van der Waals surface area contributed by atoms with E-state index in [0.29, 0.717) is 22.0 Å². The number of nitriles is 1. The molecule has 33 heavy (non-hydrogen) atoms. The normalized spacial score (nSPS) is 17.3. The van der Waals surface area contributed by atoms with E-state index in [2.05, 4.69) is 16.1 Å². The van der Waals surface area contributed by atoms with E-state index in [1.54, 1.807) is 41.1 Å². The first kappa shape index (κ1) is 20.6. The van der Waals surface area contributed by atoms with Crippen LogP contribution < -0.4 is 0 Å². The highest BCUT2D eigenvalue weighted by atomic mass is 35.5. The summed E-state index contributed by atoms with van der Waals surface area (Å²) in [5, 5.41) is 15.3. The topological polar surface area (TPSA) is 83.4 Å². The summed E-state index contributed by atoms with van der Waals surface area (Å²) in [7, 11) is 0. The molecule has 1 aliphatic heterocycles. The van der Waals surface area contributed by atoms with Crippen molar-refractivity contribution in [2.45, 2.75) is 0 Å². The van der Waals surface area contributed by atoms with Gasteiger partial charge in [-0.3, -0.25) is 4.79 Å². The average Bonchev–Trinajstić information content (AvgIpc) is 3.27. The fraction of sp³-hybridized carbons (Fsp3) is 0.0385. The number of amides is 1. The van der Waals surface area contributed by atoms with E-state index in [-0.39, 0.29) is 17.3 Å². The first-order valence-electron chi connectivity index (χ1n) is 10.2. The van der Waals surface area contributed by atoms with Crippen molar-refractivity contribution in [1.29, 1.82) is 5.26 Å². The molecular formula is C26H16ClN5O. The van der Waals surface area contributed by atoms with Crippen LogP contribution in [-0.2, 0) is 4.79 Å². The van der Waals surface area contributed by atoms with Crippen molar-refractivity contribution in [3.8, 4) is 23.0 Å². The van der Waals surface area contributed by atoms with E-state index in [9.17, 15) is 10.1 Å². The molecular weight excluding hydrogens is 434 g/mol. The Labute approximate surface area is 195 Å². The summed E-state index contributed by atoms with van der Waals surface area (Å²) in [5.74, 6) is -0.734. The molecule has 3 aromatic rings. The summed E-state index contributed by atoms with van der Waals surface area (Å²) in [6, 6.07) is 19.1. The highest BCUT2D eigenvalue weighted by Crippen LogP contribution is 2.28. The molecule has 0 radical (unpaired) electrons. The van der Waals surface area contributed by atoms with E-state index in [0.717, 1.165) is 11.3 Å². The molecule has 6 nitrogen and oxygen atoms in total. The number of benzene rings is 2. The molecule has 1 aromatic heterocycles. The maximum atomic E-state index is 12.5. The van der Waals surface area contributed by atoms with Gasteiger partial charge in [0.05, 0.1) is 22.7 Å². The average molecular weight is 450 g/mol. The van der Waals surface area contributed by atoms with Gasteiger partial charge in [-0.05, 0) is 36.4 Å². The SMILES string of the molecule is N#C/C(=C/c1cn(-c2ccccc2)nc1-c1ccc(Cl)cc1)C1=NC(=O)C2C=CC=CC2=N1. The van der Waals surface area contributed by atoms with Gasteiger partial charge < -0.3 is 0 Å². The Morgan fingerprint density at radius 1 is 1.06 bits per heavy atom. The molecule has 0 spiro atoms. The number of aromatic nitrogens is 2. The molecule has 7 heteroatoms. The van der Waals surface area contributed by atoms with Gasteiger partial charge in [0.1, 0.15) is 12.0 Å². The molecule has 2 aromatic carbocycles. The Balaban J connectivity index is 1.62. The van der Waals surface area contributed by atoms with Crippen LogP contribution in [-0.4, -0.2) is 27.2 Å². The smallest absolute Gasteiger partial charge is 0.260 e. The van der Waals surface area contributed by atoms with Crippen LogP contribution in [0.5, 0.6) is 0 Å². The second-order valence-corrected chi connectivity index (χ2v) is 7.86. The second-order valence-electron chi connectivity index (χ2n) is 7.42. The Kier molecular flexibility index (Phi) is 5.39. The van der Waals surface area contributed by atoms with Crippen LogP contribution in [0.2, 0.25) is 5.02 Å². The van der Waals surface area contributed by atoms with Crippen molar-refractivity contribution in [3.63, 3.8) is 0 Å². The predicted octanol–water partition coefficient (Wildman–Crippen LogP) is 5.22. The van der Waals surface area contributed by atoms with Crippen LogP contribution in [0.4, 0.5) is 0 Å². The van der Waals surface area contributed by atoms with Crippen LogP contribution in [0.15, 0.2) is 101 Å². The number of nitrogens with zero attached hydrogens (tertiary/aromatic N) is 5. The number of carbonyl (C=O) groups excluding carboxylic acids is 1. The first-order valence-corrected chi connectivity index (χ1v) is 10.6. The molecule has 0 bridgehead atoms. The zero-order valence-corrected chi connectivity index (χ0v) is 18.0. The quantitative estimate of drug-likeness (QED) is 0.512. The van der Waals surface area contributed by atoms with E-state index in [1.165, 1.54) is 0 Å². The van der Waals surface area contributed by atoms with Gasteiger partial charge in [-0.1, -0.05) is 60.2 Å². The van der Waals surface area contributed by atoms with Crippen molar-refractivity contribution in [1.82, 2.24) is 9.78 Å². The standard InChI is InChI=1S/C26H16ClN5O/c27-20-12-10-17(11-13-20)24-19(16-32(31-24)21-6-2-1-3-7-21)14-18(15-28)25-29-23-9-5-4-8-22(23)26(33)30-25/h1-14,16,22H/b18-14-. The molecule has 1 unspecified atom stereocenters. The van der Waals surface area contributed by atoms with Crippen LogP contribution in [0.25, 0.3) is 23.0 Å². The molecule has 2 aliphatic rings. The minimum absolute atomic E-state index is 0.100. The zero-order valence-electron chi connectivity index (χ0n) is 17.3. The summed E-state index contributed by atoms with van der Waals surface area (Å²) in [6.45, 7) is 0. The Morgan fingerprint density at radius 2 is 1.85 bits per heavy atom. The highest BCUT2D eigenvalue weighted by molar-refractivity contribution is 6.30. The molecule has 5 rings (SSSR count). The van der Waals surface area contributed by atoms with Gasteiger partial charge in [0.25, 0.3) is 5.91 Å². The Bertz CT molecular complexity index is 1430. The maximum Gasteiger partial charge on any atom is 0.260 e. The van der Waals surface area contributed by atoms with Crippen LogP contribution >= 0.6 is 11.6 Å². The number of aliphatic imine (C=N–C) groups is 2. The van der Waals surface area contributed by atoms with E-state index >= 15 is 0 Å².